The Balaban J connectivity index is 1.21. The SMILES string of the molecule is c1ccc(-c2ccc(-c3cccc4ccccc34)cc2N(c2cccc(-c3cccc4oc5ccccc5c34)c2)c2cccc3c2oc2ccccc23)cc1. The van der Waals surface area contributed by atoms with E-state index < -0.39 is 0 Å². The topological polar surface area (TPSA) is 29.5 Å². The van der Waals surface area contributed by atoms with Crippen LogP contribution < -0.4 is 4.90 Å². The first kappa shape index (κ1) is 31.2. The molecule has 11 rings (SSSR count). The summed E-state index contributed by atoms with van der Waals surface area (Å²) in [7, 11) is 0. The lowest BCUT2D eigenvalue weighted by molar-refractivity contribution is 0.668. The second-order valence-corrected chi connectivity index (χ2v) is 14.0. The summed E-state index contributed by atoms with van der Waals surface area (Å²) >= 11 is 0. The Hall–Kier alpha value is -7.36. The third kappa shape index (κ3) is 5.13. The van der Waals surface area contributed by atoms with Crippen LogP contribution >= 0.6 is 0 Å². The van der Waals surface area contributed by atoms with Gasteiger partial charge in [0.2, 0.25) is 0 Å². The van der Waals surface area contributed by atoms with Crippen LogP contribution in [-0.2, 0) is 0 Å². The maximum atomic E-state index is 6.78. The summed E-state index contributed by atoms with van der Waals surface area (Å²) in [5, 5.41) is 6.83. The fourth-order valence-electron chi connectivity index (χ4n) is 8.37. The van der Waals surface area contributed by atoms with Gasteiger partial charge in [0.05, 0.1) is 11.4 Å². The van der Waals surface area contributed by atoms with E-state index in [2.05, 4.69) is 187 Å². The first-order chi connectivity index (χ1) is 27.3. The number of fused-ring (bicyclic) bond motifs is 7. The van der Waals surface area contributed by atoms with Gasteiger partial charge >= 0.3 is 0 Å². The highest BCUT2D eigenvalue weighted by Gasteiger charge is 2.24. The van der Waals surface area contributed by atoms with E-state index >= 15 is 0 Å². The average molecular weight is 704 g/mol. The van der Waals surface area contributed by atoms with Gasteiger partial charge in [0.1, 0.15) is 16.7 Å². The van der Waals surface area contributed by atoms with E-state index in [-0.39, 0.29) is 0 Å². The predicted octanol–water partition coefficient (Wildman–Crippen LogP) is 15.1. The Kier molecular flexibility index (Phi) is 7.17. The third-order valence-corrected chi connectivity index (χ3v) is 10.9. The van der Waals surface area contributed by atoms with Crippen molar-refractivity contribution < 1.29 is 8.83 Å². The molecular weight excluding hydrogens is 671 g/mol. The van der Waals surface area contributed by atoms with Crippen LogP contribution in [0.5, 0.6) is 0 Å². The van der Waals surface area contributed by atoms with Crippen molar-refractivity contribution in [1.82, 2.24) is 0 Å². The molecule has 0 aliphatic rings. The molecular formula is C52H33NO2. The molecule has 0 atom stereocenters. The minimum atomic E-state index is 0.839. The quantitative estimate of drug-likeness (QED) is 0.173. The van der Waals surface area contributed by atoms with Gasteiger partial charge in [-0.3, -0.25) is 0 Å². The number of hydrogen-bond donors (Lipinski definition) is 0. The number of nitrogens with zero attached hydrogens (tertiary/aromatic N) is 1. The van der Waals surface area contributed by atoms with Crippen LogP contribution in [0.3, 0.4) is 0 Å². The molecule has 3 heteroatoms. The lowest BCUT2D eigenvalue weighted by Crippen LogP contribution is -2.12. The second kappa shape index (κ2) is 12.6. The van der Waals surface area contributed by atoms with E-state index in [0.29, 0.717) is 0 Å². The molecule has 2 heterocycles. The summed E-state index contributed by atoms with van der Waals surface area (Å²) in [6.45, 7) is 0. The molecule has 0 N–H and O–H groups in total. The van der Waals surface area contributed by atoms with Crippen LogP contribution in [0.4, 0.5) is 17.1 Å². The normalized spacial score (nSPS) is 11.6. The Bertz CT molecular complexity index is 3220. The van der Waals surface area contributed by atoms with Gasteiger partial charge in [-0.1, -0.05) is 158 Å². The molecule has 0 aliphatic heterocycles. The monoisotopic (exact) mass is 703 g/mol. The Morgan fingerprint density at radius 2 is 0.945 bits per heavy atom. The van der Waals surface area contributed by atoms with Gasteiger partial charge < -0.3 is 13.7 Å². The number of para-hydroxylation sites is 3. The van der Waals surface area contributed by atoms with Crippen molar-refractivity contribution in [3.63, 3.8) is 0 Å². The van der Waals surface area contributed by atoms with Gasteiger partial charge in [0, 0.05) is 32.8 Å². The standard InChI is InChI=1S/C52H33NO2/c1-2-14-35(15-3-1)41-31-30-37(40-23-11-17-34-16-4-5-20-39(34)40)33-47(41)53(46-26-12-25-44-43-21-6-8-27-48(43)55-52(44)46)38-19-10-18-36(32-38)42-24-13-29-50-51(42)45-22-7-9-28-49(45)54-50/h1-33H. The van der Waals surface area contributed by atoms with Gasteiger partial charge in [-0.05, 0) is 81.1 Å². The van der Waals surface area contributed by atoms with E-state index in [1.165, 1.54) is 16.3 Å². The van der Waals surface area contributed by atoms with Crippen molar-refractivity contribution in [3.8, 4) is 33.4 Å². The summed E-state index contributed by atoms with van der Waals surface area (Å²) in [5.41, 5.74) is 13.3. The van der Waals surface area contributed by atoms with Crippen LogP contribution in [0.1, 0.15) is 0 Å². The minimum Gasteiger partial charge on any atom is -0.456 e. The summed E-state index contributed by atoms with van der Waals surface area (Å²) in [6, 6.07) is 71.0. The van der Waals surface area contributed by atoms with E-state index in [0.717, 1.165) is 88.8 Å². The molecule has 0 aliphatic carbocycles. The van der Waals surface area contributed by atoms with E-state index in [1.54, 1.807) is 0 Å². The van der Waals surface area contributed by atoms with Gasteiger partial charge in [-0.15, -0.1) is 0 Å². The first-order valence-electron chi connectivity index (χ1n) is 18.7. The number of benzene rings is 9. The zero-order valence-electron chi connectivity index (χ0n) is 29.8. The summed E-state index contributed by atoms with van der Waals surface area (Å²) < 4.78 is 13.1. The fraction of sp³-hybridized carbons (Fsp3) is 0. The Morgan fingerprint density at radius 3 is 1.84 bits per heavy atom. The maximum Gasteiger partial charge on any atom is 0.159 e. The molecule has 9 aromatic carbocycles. The molecule has 3 nitrogen and oxygen atoms in total. The smallest absolute Gasteiger partial charge is 0.159 e. The van der Waals surface area contributed by atoms with Crippen LogP contribution in [-0.4, -0.2) is 0 Å². The molecule has 0 spiro atoms. The van der Waals surface area contributed by atoms with Crippen LogP contribution in [0.2, 0.25) is 0 Å². The zero-order valence-corrected chi connectivity index (χ0v) is 29.8. The van der Waals surface area contributed by atoms with Gasteiger partial charge in [0.15, 0.2) is 5.58 Å². The fourth-order valence-corrected chi connectivity index (χ4v) is 8.37. The number of furan rings is 2. The average Bonchev–Trinajstić information content (AvgIpc) is 3.83. The summed E-state index contributed by atoms with van der Waals surface area (Å²) in [6.07, 6.45) is 0. The van der Waals surface area contributed by atoms with Crippen molar-refractivity contribution >= 4 is 71.7 Å². The minimum absolute atomic E-state index is 0.839. The second-order valence-electron chi connectivity index (χ2n) is 14.0. The van der Waals surface area contributed by atoms with Gasteiger partial charge in [-0.25, -0.2) is 0 Å². The highest BCUT2D eigenvalue weighted by molar-refractivity contribution is 6.13. The van der Waals surface area contributed by atoms with Gasteiger partial charge in [0.25, 0.3) is 0 Å². The molecule has 2 aromatic heterocycles. The molecule has 0 saturated carbocycles. The van der Waals surface area contributed by atoms with Crippen molar-refractivity contribution in [2.24, 2.45) is 0 Å². The lowest BCUT2D eigenvalue weighted by atomic mass is 9.93. The largest absolute Gasteiger partial charge is 0.456 e. The third-order valence-electron chi connectivity index (χ3n) is 10.9. The van der Waals surface area contributed by atoms with E-state index in [9.17, 15) is 0 Å². The Morgan fingerprint density at radius 1 is 0.327 bits per heavy atom. The molecule has 0 bridgehead atoms. The molecule has 55 heavy (non-hydrogen) atoms. The highest BCUT2D eigenvalue weighted by atomic mass is 16.3. The molecule has 0 unspecified atom stereocenters. The number of anilines is 3. The molecule has 0 saturated heterocycles. The lowest BCUT2D eigenvalue weighted by Gasteiger charge is -2.29. The number of hydrogen-bond acceptors (Lipinski definition) is 3. The van der Waals surface area contributed by atoms with Crippen molar-refractivity contribution in [2.75, 3.05) is 4.90 Å². The molecule has 0 amide bonds. The van der Waals surface area contributed by atoms with Crippen molar-refractivity contribution in [3.05, 3.63) is 200 Å². The zero-order chi connectivity index (χ0) is 36.3. The molecule has 0 radical (unpaired) electrons. The molecule has 0 fully saturated rings. The highest BCUT2D eigenvalue weighted by Crippen LogP contribution is 2.48. The summed E-state index contributed by atoms with van der Waals surface area (Å²) in [4.78, 5) is 2.39. The van der Waals surface area contributed by atoms with E-state index in [1.807, 2.05) is 18.2 Å². The van der Waals surface area contributed by atoms with E-state index in [4.69, 9.17) is 8.83 Å². The maximum absolute atomic E-state index is 6.78. The van der Waals surface area contributed by atoms with Crippen LogP contribution in [0.25, 0.3) is 88.0 Å². The van der Waals surface area contributed by atoms with Crippen LogP contribution in [0.15, 0.2) is 209 Å². The van der Waals surface area contributed by atoms with Gasteiger partial charge in [-0.2, -0.15) is 0 Å². The summed E-state index contributed by atoms with van der Waals surface area (Å²) in [5.74, 6) is 0. The van der Waals surface area contributed by atoms with Crippen molar-refractivity contribution in [1.29, 1.82) is 0 Å². The first-order valence-corrected chi connectivity index (χ1v) is 18.7. The molecule has 258 valence electrons. The van der Waals surface area contributed by atoms with Crippen LogP contribution in [0, 0.1) is 0 Å². The molecule has 11 aromatic rings. The Labute approximate surface area is 317 Å². The predicted molar refractivity (Wildman–Crippen MR) is 229 cm³/mol. The van der Waals surface area contributed by atoms with Crippen molar-refractivity contribution in [2.45, 2.75) is 0 Å². The number of rotatable bonds is 6.